The zero-order chi connectivity index (χ0) is 23.9. The van der Waals surface area contributed by atoms with E-state index in [1.807, 2.05) is 18.2 Å². The van der Waals surface area contributed by atoms with Gasteiger partial charge in [-0.2, -0.15) is 10.2 Å². The highest BCUT2D eigenvalue weighted by molar-refractivity contribution is 5.58. The Hall–Kier alpha value is -3.63. The number of aromatic nitrogens is 2. The first kappa shape index (κ1) is 23.5. The van der Waals surface area contributed by atoms with Gasteiger partial charge in [0.05, 0.1) is 11.6 Å². The molecule has 7 nitrogen and oxygen atoms in total. The first-order valence-corrected chi connectivity index (χ1v) is 11.9. The monoisotopic (exact) mass is 455 g/mol. The molecule has 1 aromatic heterocycles. The van der Waals surface area contributed by atoms with E-state index < -0.39 is 0 Å². The van der Waals surface area contributed by atoms with E-state index in [0.29, 0.717) is 17.6 Å². The summed E-state index contributed by atoms with van der Waals surface area (Å²) in [6, 6.07) is 20.8. The molecule has 2 N–H and O–H groups in total. The molecule has 7 heteroatoms. The predicted octanol–water partition coefficient (Wildman–Crippen LogP) is 4.48. The standard InChI is InChI=1S/C27H33N7/c1-4-6-22-16-26(32-27(30-22)31-23-8-5-7-21(15-23)17-28)34-14-13-24(19-34)29-18-20-9-11-25(12-10-20)33(2)3/h5,7-12,15-16,24,29H,4,6,13-14,18-19H2,1-3H3,(H,30,31,32)/t24-/m0/s1. The van der Waals surface area contributed by atoms with Gasteiger partial charge in [0.25, 0.3) is 0 Å². The van der Waals surface area contributed by atoms with Crippen LogP contribution in [-0.2, 0) is 13.0 Å². The molecule has 0 bridgehead atoms. The first-order chi connectivity index (χ1) is 16.5. The van der Waals surface area contributed by atoms with Gasteiger partial charge in [-0.3, -0.25) is 0 Å². The maximum atomic E-state index is 9.18. The van der Waals surface area contributed by atoms with Crippen LogP contribution in [0.5, 0.6) is 0 Å². The fourth-order valence-electron chi connectivity index (χ4n) is 4.19. The summed E-state index contributed by atoms with van der Waals surface area (Å²) in [6.45, 7) is 4.90. The fraction of sp³-hybridized carbons (Fsp3) is 0.370. The molecule has 2 aromatic carbocycles. The van der Waals surface area contributed by atoms with Crippen molar-refractivity contribution in [1.82, 2.24) is 15.3 Å². The van der Waals surface area contributed by atoms with Crippen molar-refractivity contribution in [2.24, 2.45) is 0 Å². The molecule has 1 aliphatic rings. The fourth-order valence-corrected chi connectivity index (χ4v) is 4.19. The predicted molar refractivity (Wildman–Crippen MR) is 139 cm³/mol. The molecular weight excluding hydrogens is 422 g/mol. The Morgan fingerprint density at radius 2 is 1.94 bits per heavy atom. The molecule has 0 radical (unpaired) electrons. The van der Waals surface area contributed by atoms with E-state index in [9.17, 15) is 5.26 Å². The second-order valence-electron chi connectivity index (χ2n) is 8.98. The molecule has 0 aliphatic carbocycles. The van der Waals surface area contributed by atoms with Gasteiger partial charge in [-0.15, -0.1) is 0 Å². The van der Waals surface area contributed by atoms with Crippen LogP contribution in [0.1, 0.15) is 36.6 Å². The Balaban J connectivity index is 1.42. The zero-order valence-electron chi connectivity index (χ0n) is 20.3. The van der Waals surface area contributed by atoms with E-state index in [1.165, 1.54) is 11.3 Å². The first-order valence-electron chi connectivity index (χ1n) is 11.9. The van der Waals surface area contributed by atoms with Crippen LogP contribution in [0.3, 0.4) is 0 Å². The molecule has 1 aliphatic heterocycles. The van der Waals surface area contributed by atoms with Crippen LogP contribution in [-0.4, -0.2) is 43.2 Å². The smallest absolute Gasteiger partial charge is 0.229 e. The van der Waals surface area contributed by atoms with Gasteiger partial charge < -0.3 is 20.4 Å². The van der Waals surface area contributed by atoms with Crippen molar-refractivity contribution >= 4 is 23.1 Å². The number of anilines is 4. The minimum absolute atomic E-state index is 0.418. The largest absolute Gasteiger partial charge is 0.378 e. The third-order valence-electron chi connectivity index (χ3n) is 6.08. The lowest BCUT2D eigenvalue weighted by Gasteiger charge is -2.20. The molecule has 0 amide bonds. The van der Waals surface area contributed by atoms with Crippen molar-refractivity contribution in [3.05, 3.63) is 71.4 Å². The summed E-state index contributed by atoms with van der Waals surface area (Å²) >= 11 is 0. The quantitative estimate of drug-likeness (QED) is 0.492. The molecule has 1 atom stereocenters. The summed E-state index contributed by atoms with van der Waals surface area (Å²) < 4.78 is 0. The van der Waals surface area contributed by atoms with Crippen LogP contribution in [0.15, 0.2) is 54.6 Å². The molecule has 4 rings (SSSR count). The van der Waals surface area contributed by atoms with Crippen LogP contribution >= 0.6 is 0 Å². The molecule has 0 unspecified atom stereocenters. The molecule has 176 valence electrons. The number of benzene rings is 2. The van der Waals surface area contributed by atoms with Crippen LogP contribution in [0.25, 0.3) is 0 Å². The van der Waals surface area contributed by atoms with Gasteiger partial charge in [-0.25, -0.2) is 4.98 Å². The summed E-state index contributed by atoms with van der Waals surface area (Å²) in [7, 11) is 4.12. The SMILES string of the molecule is CCCc1cc(N2CC[C@H](NCc3ccc(N(C)C)cc3)C2)nc(Nc2cccc(C#N)c2)n1. The van der Waals surface area contributed by atoms with Gasteiger partial charge in [-0.05, 0) is 48.7 Å². The van der Waals surface area contributed by atoms with Gasteiger partial charge in [0.1, 0.15) is 5.82 Å². The Morgan fingerprint density at radius 1 is 1.12 bits per heavy atom. The van der Waals surface area contributed by atoms with Crippen LogP contribution < -0.4 is 20.4 Å². The number of hydrogen-bond acceptors (Lipinski definition) is 7. The average Bonchev–Trinajstić information content (AvgIpc) is 3.32. The van der Waals surface area contributed by atoms with E-state index >= 15 is 0 Å². The number of nitrogens with zero attached hydrogens (tertiary/aromatic N) is 5. The van der Waals surface area contributed by atoms with Crippen molar-refractivity contribution in [3.63, 3.8) is 0 Å². The lowest BCUT2D eigenvalue weighted by atomic mass is 10.2. The lowest BCUT2D eigenvalue weighted by Crippen LogP contribution is -2.32. The van der Waals surface area contributed by atoms with Gasteiger partial charge in [0.2, 0.25) is 5.95 Å². The summed E-state index contributed by atoms with van der Waals surface area (Å²) in [5, 5.41) is 16.2. The highest BCUT2D eigenvalue weighted by Crippen LogP contribution is 2.23. The van der Waals surface area contributed by atoms with E-state index in [0.717, 1.165) is 56.1 Å². The third kappa shape index (κ3) is 6.03. The minimum atomic E-state index is 0.418. The molecule has 0 saturated carbocycles. The van der Waals surface area contributed by atoms with Crippen molar-refractivity contribution in [1.29, 1.82) is 5.26 Å². The maximum Gasteiger partial charge on any atom is 0.229 e. The molecule has 2 heterocycles. The van der Waals surface area contributed by atoms with Crippen molar-refractivity contribution in [2.45, 2.75) is 38.8 Å². The number of hydrogen-bond donors (Lipinski definition) is 2. The molecular formula is C27H33N7. The van der Waals surface area contributed by atoms with Crippen molar-refractivity contribution < 1.29 is 0 Å². The van der Waals surface area contributed by atoms with E-state index in [4.69, 9.17) is 9.97 Å². The highest BCUT2D eigenvalue weighted by Gasteiger charge is 2.24. The Bertz CT molecular complexity index is 1130. The highest BCUT2D eigenvalue weighted by atomic mass is 15.3. The van der Waals surface area contributed by atoms with Gasteiger partial charge in [-0.1, -0.05) is 31.5 Å². The van der Waals surface area contributed by atoms with Crippen LogP contribution in [0.4, 0.5) is 23.1 Å². The van der Waals surface area contributed by atoms with Gasteiger partial charge >= 0.3 is 0 Å². The van der Waals surface area contributed by atoms with Gasteiger partial charge in [0, 0.05) is 62.9 Å². The van der Waals surface area contributed by atoms with E-state index in [-0.39, 0.29) is 0 Å². The summed E-state index contributed by atoms with van der Waals surface area (Å²) in [4.78, 5) is 14.0. The second-order valence-corrected chi connectivity index (χ2v) is 8.98. The summed E-state index contributed by atoms with van der Waals surface area (Å²) in [5.74, 6) is 1.53. The number of nitriles is 1. The molecule has 34 heavy (non-hydrogen) atoms. The Kier molecular flexibility index (Phi) is 7.61. The number of nitrogens with one attached hydrogen (secondary N) is 2. The zero-order valence-corrected chi connectivity index (χ0v) is 20.3. The molecule has 1 fully saturated rings. The van der Waals surface area contributed by atoms with E-state index in [2.05, 4.69) is 77.9 Å². The Morgan fingerprint density at radius 3 is 2.68 bits per heavy atom. The normalized spacial score (nSPS) is 15.2. The molecule has 0 spiro atoms. The second kappa shape index (κ2) is 11.0. The maximum absolute atomic E-state index is 9.18. The third-order valence-corrected chi connectivity index (χ3v) is 6.08. The summed E-state index contributed by atoms with van der Waals surface area (Å²) in [6.07, 6.45) is 3.01. The summed E-state index contributed by atoms with van der Waals surface area (Å²) in [5.41, 5.74) is 4.97. The van der Waals surface area contributed by atoms with Crippen molar-refractivity contribution in [3.8, 4) is 6.07 Å². The number of rotatable bonds is 9. The minimum Gasteiger partial charge on any atom is -0.378 e. The Labute approximate surface area is 202 Å². The van der Waals surface area contributed by atoms with Crippen molar-refractivity contribution in [2.75, 3.05) is 42.3 Å². The van der Waals surface area contributed by atoms with E-state index in [1.54, 1.807) is 6.07 Å². The van der Waals surface area contributed by atoms with Gasteiger partial charge in [0.15, 0.2) is 0 Å². The molecule has 1 saturated heterocycles. The lowest BCUT2D eigenvalue weighted by molar-refractivity contribution is 0.551. The number of aryl methyl sites for hydroxylation is 1. The topological polar surface area (TPSA) is 80.1 Å². The molecule has 3 aromatic rings. The van der Waals surface area contributed by atoms with Crippen LogP contribution in [0.2, 0.25) is 0 Å². The van der Waals surface area contributed by atoms with Crippen LogP contribution in [0, 0.1) is 11.3 Å². The average molecular weight is 456 g/mol.